The number of carbonyl (C=O) groups is 2. The topological polar surface area (TPSA) is 74.6 Å². The van der Waals surface area contributed by atoms with E-state index in [0.29, 0.717) is 23.0 Å². The molecule has 0 N–H and O–H groups in total. The second kappa shape index (κ2) is 10.7. The van der Waals surface area contributed by atoms with E-state index in [1.165, 1.54) is 17.4 Å². The van der Waals surface area contributed by atoms with Gasteiger partial charge in [-0.05, 0) is 44.0 Å². The summed E-state index contributed by atoms with van der Waals surface area (Å²) < 4.78 is 1.94. The quantitative estimate of drug-likeness (QED) is 0.478. The van der Waals surface area contributed by atoms with E-state index in [4.69, 9.17) is 0 Å². The predicted molar refractivity (Wildman–Crippen MR) is 141 cm³/mol. The highest BCUT2D eigenvalue weighted by Gasteiger charge is 2.34. The lowest BCUT2D eigenvalue weighted by Gasteiger charge is -2.36. The summed E-state index contributed by atoms with van der Waals surface area (Å²) in [6, 6.07) is 17.9. The fourth-order valence-corrected chi connectivity index (χ4v) is 5.86. The summed E-state index contributed by atoms with van der Waals surface area (Å²) in [7, 11) is 1.93. The Morgan fingerprint density at radius 1 is 0.972 bits per heavy atom. The maximum atomic E-state index is 13.2. The van der Waals surface area contributed by atoms with Gasteiger partial charge >= 0.3 is 0 Å². The summed E-state index contributed by atoms with van der Waals surface area (Å²) in [5, 5.41) is 9.52. The highest BCUT2D eigenvalue weighted by molar-refractivity contribution is 7.99. The standard InChI is InChI=1S/C27H32N6O2S/c1-20-8-6-9-21(18-20)26(35)33-13-7-12-23(33)25-28-29-27(30(25)2)36-19-24(34)32-16-14-31(15-17-32)22-10-4-3-5-11-22/h3-6,8-11,18,23H,7,12-17,19H2,1-2H3. The number of piperazine rings is 1. The number of hydrogen-bond acceptors (Lipinski definition) is 6. The van der Waals surface area contributed by atoms with Gasteiger partial charge in [0.15, 0.2) is 11.0 Å². The molecule has 0 bridgehead atoms. The number of carbonyl (C=O) groups excluding carboxylic acids is 2. The van der Waals surface area contributed by atoms with Crippen LogP contribution in [0, 0.1) is 6.92 Å². The van der Waals surface area contributed by atoms with Crippen LogP contribution in [0.15, 0.2) is 59.8 Å². The van der Waals surface area contributed by atoms with Crippen LogP contribution in [-0.4, -0.2) is 74.9 Å². The molecule has 188 valence electrons. The summed E-state index contributed by atoms with van der Waals surface area (Å²) >= 11 is 1.41. The van der Waals surface area contributed by atoms with E-state index in [1.807, 2.05) is 70.8 Å². The van der Waals surface area contributed by atoms with Gasteiger partial charge in [0.25, 0.3) is 5.91 Å². The Morgan fingerprint density at radius 2 is 1.75 bits per heavy atom. The number of anilines is 1. The van der Waals surface area contributed by atoms with Crippen molar-refractivity contribution in [3.63, 3.8) is 0 Å². The maximum Gasteiger partial charge on any atom is 0.254 e. The van der Waals surface area contributed by atoms with Crippen LogP contribution in [0.1, 0.15) is 40.6 Å². The Labute approximate surface area is 216 Å². The van der Waals surface area contributed by atoms with Gasteiger partial charge in [0.1, 0.15) is 0 Å². The average Bonchev–Trinajstić information content (AvgIpc) is 3.54. The molecule has 2 aliphatic rings. The summed E-state index contributed by atoms with van der Waals surface area (Å²) in [6.45, 7) is 5.81. The van der Waals surface area contributed by atoms with Crippen LogP contribution in [0.3, 0.4) is 0 Å². The molecule has 0 spiro atoms. The molecule has 1 unspecified atom stereocenters. The molecule has 3 aromatic rings. The molecule has 9 heteroatoms. The number of thioether (sulfide) groups is 1. The van der Waals surface area contributed by atoms with Gasteiger partial charge in [-0.1, -0.05) is 47.7 Å². The molecule has 0 aliphatic carbocycles. The Kier molecular flexibility index (Phi) is 7.27. The van der Waals surface area contributed by atoms with Crippen molar-refractivity contribution >= 4 is 29.3 Å². The van der Waals surface area contributed by atoms with Crippen LogP contribution in [0.2, 0.25) is 0 Å². The van der Waals surface area contributed by atoms with Gasteiger partial charge in [0, 0.05) is 51.0 Å². The normalized spacial score (nSPS) is 18.1. The predicted octanol–water partition coefficient (Wildman–Crippen LogP) is 3.54. The number of amides is 2. The van der Waals surface area contributed by atoms with Crippen molar-refractivity contribution in [2.24, 2.45) is 7.05 Å². The molecule has 2 aromatic carbocycles. The van der Waals surface area contributed by atoms with Crippen molar-refractivity contribution in [2.45, 2.75) is 31.0 Å². The van der Waals surface area contributed by atoms with Crippen molar-refractivity contribution in [3.05, 3.63) is 71.5 Å². The first-order valence-corrected chi connectivity index (χ1v) is 13.5. The summed E-state index contributed by atoms with van der Waals surface area (Å²) in [5.41, 5.74) is 2.98. The molecule has 36 heavy (non-hydrogen) atoms. The van der Waals surface area contributed by atoms with Crippen LogP contribution in [0.25, 0.3) is 0 Å². The number of likely N-dealkylation sites (tertiary alicyclic amines) is 1. The zero-order valence-corrected chi connectivity index (χ0v) is 21.7. The van der Waals surface area contributed by atoms with E-state index in [9.17, 15) is 9.59 Å². The van der Waals surface area contributed by atoms with E-state index in [-0.39, 0.29) is 17.9 Å². The Morgan fingerprint density at radius 3 is 2.50 bits per heavy atom. The largest absolute Gasteiger partial charge is 0.368 e. The first-order valence-electron chi connectivity index (χ1n) is 12.5. The van der Waals surface area contributed by atoms with Crippen molar-refractivity contribution in [1.29, 1.82) is 0 Å². The summed E-state index contributed by atoms with van der Waals surface area (Å²) in [6.07, 6.45) is 1.80. The third kappa shape index (κ3) is 5.11. The highest BCUT2D eigenvalue weighted by atomic mass is 32.2. The first kappa shape index (κ1) is 24.4. The monoisotopic (exact) mass is 504 g/mol. The molecule has 0 saturated carbocycles. The fraction of sp³-hybridized carbons (Fsp3) is 0.407. The summed E-state index contributed by atoms with van der Waals surface area (Å²) in [4.78, 5) is 32.3. The fourth-order valence-electron chi connectivity index (χ4n) is 5.03. The number of nitrogens with zero attached hydrogens (tertiary/aromatic N) is 6. The second-order valence-electron chi connectivity index (χ2n) is 9.42. The molecule has 3 heterocycles. The number of para-hydroxylation sites is 1. The van der Waals surface area contributed by atoms with Crippen molar-refractivity contribution in [3.8, 4) is 0 Å². The van der Waals surface area contributed by atoms with Crippen LogP contribution >= 0.6 is 11.8 Å². The highest BCUT2D eigenvalue weighted by Crippen LogP contribution is 2.33. The van der Waals surface area contributed by atoms with Gasteiger partial charge in [-0.3, -0.25) is 9.59 Å². The Bertz CT molecular complexity index is 1220. The molecule has 8 nitrogen and oxygen atoms in total. The van der Waals surface area contributed by atoms with Gasteiger partial charge in [0.05, 0.1) is 11.8 Å². The number of hydrogen-bond donors (Lipinski definition) is 0. The third-order valence-corrected chi connectivity index (χ3v) is 8.03. The molecule has 5 rings (SSSR count). The first-order chi connectivity index (χ1) is 17.5. The second-order valence-corrected chi connectivity index (χ2v) is 10.4. The van der Waals surface area contributed by atoms with Crippen LogP contribution in [0.5, 0.6) is 0 Å². The number of benzene rings is 2. The minimum absolute atomic E-state index is 0.0308. The van der Waals surface area contributed by atoms with Crippen LogP contribution in [0.4, 0.5) is 5.69 Å². The zero-order valence-electron chi connectivity index (χ0n) is 20.8. The van der Waals surface area contributed by atoms with Crippen molar-refractivity contribution < 1.29 is 9.59 Å². The molecule has 2 saturated heterocycles. The molecule has 2 aliphatic heterocycles. The number of rotatable bonds is 6. The molecule has 1 aromatic heterocycles. The van der Waals surface area contributed by atoms with E-state index >= 15 is 0 Å². The molecular formula is C27H32N6O2S. The van der Waals surface area contributed by atoms with Crippen molar-refractivity contribution in [1.82, 2.24) is 24.6 Å². The Hall–Kier alpha value is -3.33. The molecule has 2 amide bonds. The third-order valence-electron chi connectivity index (χ3n) is 7.02. The van der Waals surface area contributed by atoms with Crippen LogP contribution in [-0.2, 0) is 11.8 Å². The van der Waals surface area contributed by atoms with E-state index < -0.39 is 0 Å². The number of aryl methyl sites for hydroxylation is 1. The van der Waals surface area contributed by atoms with Crippen molar-refractivity contribution in [2.75, 3.05) is 43.4 Å². The number of aromatic nitrogens is 3. The van der Waals surface area contributed by atoms with Gasteiger partial charge < -0.3 is 19.3 Å². The lowest BCUT2D eigenvalue weighted by molar-refractivity contribution is -0.128. The van der Waals surface area contributed by atoms with Gasteiger partial charge in [-0.25, -0.2) is 0 Å². The SMILES string of the molecule is Cc1cccc(C(=O)N2CCCC2c2nnc(SCC(=O)N3CCN(c4ccccc4)CC3)n2C)c1. The van der Waals surface area contributed by atoms with Crippen LogP contribution < -0.4 is 4.90 Å². The lowest BCUT2D eigenvalue weighted by Crippen LogP contribution is -2.49. The van der Waals surface area contributed by atoms with E-state index in [2.05, 4.69) is 27.2 Å². The van der Waals surface area contributed by atoms with E-state index in [1.54, 1.807) is 0 Å². The molecular weight excluding hydrogens is 472 g/mol. The van der Waals surface area contributed by atoms with E-state index in [0.717, 1.165) is 50.4 Å². The zero-order chi connectivity index (χ0) is 25.1. The minimum atomic E-state index is -0.105. The average molecular weight is 505 g/mol. The van der Waals surface area contributed by atoms with Gasteiger partial charge in [-0.2, -0.15) is 0 Å². The molecule has 0 radical (unpaired) electrons. The molecule has 1 atom stereocenters. The summed E-state index contributed by atoms with van der Waals surface area (Å²) in [5.74, 6) is 1.26. The minimum Gasteiger partial charge on any atom is -0.368 e. The maximum absolute atomic E-state index is 13.2. The van der Waals surface area contributed by atoms with Gasteiger partial charge in [0.2, 0.25) is 5.91 Å². The lowest BCUT2D eigenvalue weighted by atomic mass is 10.1. The van der Waals surface area contributed by atoms with Gasteiger partial charge in [-0.15, -0.1) is 10.2 Å². The Balaban J connectivity index is 1.18. The smallest absolute Gasteiger partial charge is 0.254 e. The molecule has 2 fully saturated rings.